The summed E-state index contributed by atoms with van der Waals surface area (Å²) in [5.41, 5.74) is 3.70. The predicted molar refractivity (Wildman–Crippen MR) is 76.2 cm³/mol. The zero-order chi connectivity index (χ0) is 14.8. The number of carbonyl (C=O) groups is 1. The van der Waals surface area contributed by atoms with Crippen LogP contribution in [0.25, 0.3) is 0 Å². The second-order valence-corrected chi connectivity index (χ2v) is 5.26. The van der Waals surface area contributed by atoms with Gasteiger partial charge < -0.3 is 10.0 Å². The molecule has 1 N–H and O–H groups in total. The predicted octanol–water partition coefficient (Wildman–Crippen LogP) is 0.435. The molecule has 2 aromatic rings. The van der Waals surface area contributed by atoms with Crippen LogP contribution >= 0.6 is 0 Å². The van der Waals surface area contributed by atoms with Crippen molar-refractivity contribution in [2.24, 2.45) is 7.05 Å². The smallest absolute Gasteiger partial charge is 0.227 e. The minimum Gasteiger partial charge on any atom is -0.390 e. The number of amides is 1. The van der Waals surface area contributed by atoms with Gasteiger partial charge in [0.05, 0.1) is 18.7 Å². The van der Waals surface area contributed by atoms with E-state index in [1.807, 2.05) is 28.8 Å². The molecule has 110 valence electrons. The van der Waals surface area contributed by atoms with Crippen molar-refractivity contribution in [1.29, 1.82) is 0 Å². The molecule has 0 fully saturated rings. The van der Waals surface area contributed by atoms with Gasteiger partial charge in [0, 0.05) is 50.2 Å². The van der Waals surface area contributed by atoms with Gasteiger partial charge in [0.2, 0.25) is 5.91 Å². The Balaban J connectivity index is 1.75. The van der Waals surface area contributed by atoms with Crippen LogP contribution in [-0.4, -0.2) is 37.2 Å². The molecule has 3 rings (SSSR count). The minimum absolute atomic E-state index is 0.0846. The van der Waals surface area contributed by atoms with E-state index in [4.69, 9.17) is 0 Å². The highest BCUT2D eigenvalue weighted by molar-refractivity contribution is 5.79. The number of carbonyl (C=O) groups excluding carboxylic acids is 1. The summed E-state index contributed by atoms with van der Waals surface area (Å²) in [5, 5.41) is 13.7. The SMILES string of the molecule is Cn1nc(CO)c2c1CCN(C(=O)Cc1cccnc1)C2. The molecule has 0 atom stereocenters. The summed E-state index contributed by atoms with van der Waals surface area (Å²) in [7, 11) is 1.88. The lowest BCUT2D eigenvalue weighted by molar-refractivity contribution is -0.131. The fourth-order valence-electron chi connectivity index (χ4n) is 2.80. The zero-order valence-electron chi connectivity index (χ0n) is 12.0. The van der Waals surface area contributed by atoms with Crippen molar-refractivity contribution in [3.05, 3.63) is 47.0 Å². The van der Waals surface area contributed by atoms with Gasteiger partial charge >= 0.3 is 0 Å². The molecule has 0 unspecified atom stereocenters. The lowest BCUT2D eigenvalue weighted by atomic mass is 10.0. The van der Waals surface area contributed by atoms with Gasteiger partial charge in [0.25, 0.3) is 0 Å². The van der Waals surface area contributed by atoms with Gasteiger partial charge in [0.1, 0.15) is 0 Å². The molecular formula is C15H18N4O2. The third-order valence-electron chi connectivity index (χ3n) is 3.91. The van der Waals surface area contributed by atoms with E-state index in [0.717, 1.165) is 23.2 Å². The first kappa shape index (κ1) is 13.8. The molecule has 0 spiro atoms. The quantitative estimate of drug-likeness (QED) is 0.888. The monoisotopic (exact) mass is 286 g/mol. The van der Waals surface area contributed by atoms with Crippen LogP contribution in [0.1, 0.15) is 22.5 Å². The lowest BCUT2D eigenvalue weighted by Crippen LogP contribution is -2.37. The van der Waals surface area contributed by atoms with Gasteiger partial charge in [-0.3, -0.25) is 14.5 Å². The largest absolute Gasteiger partial charge is 0.390 e. The summed E-state index contributed by atoms with van der Waals surface area (Å²) >= 11 is 0. The molecule has 0 aliphatic carbocycles. The van der Waals surface area contributed by atoms with Crippen LogP contribution in [-0.2, 0) is 37.8 Å². The molecule has 21 heavy (non-hydrogen) atoms. The van der Waals surface area contributed by atoms with E-state index in [2.05, 4.69) is 10.1 Å². The molecule has 6 heteroatoms. The third kappa shape index (κ3) is 2.67. The molecule has 0 saturated heterocycles. The second-order valence-electron chi connectivity index (χ2n) is 5.26. The van der Waals surface area contributed by atoms with E-state index < -0.39 is 0 Å². The highest BCUT2D eigenvalue weighted by Gasteiger charge is 2.26. The van der Waals surface area contributed by atoms with E-state index in [-0.39, 0.29) is 12.5 Å². The van der Waals surface area contributed by atoms with E-state index >= 15 is 0 Å². The van der Waals surface area contributed by atoms with Crippen molar-refractivity contribution < 1.29 is 9.90 Å². The van der Waals surface area contributed by atoms with Gasteiger partial charge in [-0.2, -0.15) is 5.10 Å². The summed E-state index contributed by atoms with van der Waals surface area (Å²) in [6.45, 7) is 1.13. The molecule has 0 saturated carbocycles. The molecule has 2 aromatic heterocycles. The number of aliphatic hydroxyl groups is 1. The van der Waals surface area contributed by atoms with Crippen LogP contribution in [0.15, 0.2) is 24.5 Å². The van der Waals surface area contributed by atoms with Crippen molar-refractivity contribution in [2.45, 2.75) is 26.0 Å². The topological polar surface area (TPSA) is 71.2 Å². The number of hydrogen-bond acceptors (Lipinski definition) is 4. The van der Waals surface area contributed by atoms with Gasteiger partial charge in [-0.15, -0.1) is 0 Å². The van der Waals surface area contributed by atoms with E-state index in [0.29, 0.717) is 25.2 Å². The highest BCUT2D eigenvalue weighted by Crippen LogP contribution is 2.22. The minimum atomic E-state index is -0.0895. The third-order valence-corrected chi connectivity index (χ3v) is 3.91. The Kier molecular flexibility index (Phi) is 3.70. The molecule has 1 aliphatic rings. The molecule has 0 aromatic carbocycles. The second kappa shape index (κ2) is 5.65. The summed E-state index contributed by atoms with van der Waals surface area (Å²) < 4.78 is 1.81. The van der Waals surface area contributed by atoms with Crippen LogP contribution in [0, 0.1) is 0 Å². The van der Waals surface area contributed by atoms with Crippen molar-refractivity contribution in [3.8, 4) is 0 Å². The molecule has 6 nitrogen and oxygen atoms in total. The standard InChI is InChI=1S/C15H18N4O2/c1-18-14-4-6-19(9-12(14)13(10-20)17-18)15(21)7-11-3-2-5-16-8-11/h2-3,5,8,20H,4,6-7,9-10H2,1H3. The van der Waals surface area contributed by atoms with E-state index in [1.165, 1.54) is 0 Å². The van der Waals surface area contributed by atoms with E-state index in [9.17, 15) is 9.90 Å². The summed E-state index contributed by atoms with van der Waals surface area (Å²) in [6, 6.07) is 3.74. The van der Waals surface area contributed by atoms with Crippen molar-refractivity contribution in [3.63, 3.8) is 0 Å². The number of fused-ring (bicyclic) bond motifs is 1. The first-order chi connectivity index (χ1) is 10.2. The average molecular weight is 286 g/mol. The molecular weight excluding hydrogens is 268 g/mol. The highest BCUT2D eigenvalue weighted by atomic mass is 16.3. The van der Waals surface area contributed by atoms with Gasteiger partial charge in [-0.1, -0.05) is 6.07 Å². The number of aryl methyl sites for hydroxylation is 1. The van der Waals surface area contributed by atoms with Crippen molar-refractivity contribution >= 4 is 5.91 Å². The average Bonchev–Trinajstić information content (AvgIpc) is 2.84. The van der Waals surface area contributed by atoms with Crippen molar-refractivity contribution in [1.82, 2.24) is 19.7 Å². The maximum absolute atomic E-state index is 12.4. The Morgan fingerprint density at radius 1 is 1.48 bits per heavy atom. The Morgan fingerprint density at radius 2 is 2.33 bits per heavy atom. The maximum Gasteiger partial charge on any atom is 0.227 e. The fraction of sp³-hybridized carbons (Fsp3) is 0.400. The van der Waals surface area contributed by atoms with Gasteiger partial charge in [-0.05, 0) is 11.6 Å². The molecule has 0 radical (unpaired) electrons. The Hall–Kier alpha value is -2.21. The van der Waals surface area contributed by atoms with E-state index in [1.54, 1.807) is 12.4 Å². The van der Waals surface area contributed by atoms with Crippen molar-refractivity contribution in [2.75, 3.05) is 6.54 Å². The summed E-state index contributed by atoms with van der Waals surface area (Å²) in [6.07, 6.45) is 4.55. The van der Waals surface area contributed by atoms with Crippen LogP contribution in [0.3, 0.4) is 0 Å². The van der Waals surface area contributed by atoms with Crippen LogP contribution in [0.4, 0.5) is 0 Å². The van der Waals surface area contributed by atoms with Gasteiger partial charge in [-0.25, -0.2) is 0 Å². The Labute approximate surface area is 123 Å². The molecule has 3 heterocycles. The normalized spacial score (nSPS) is 14.1. The Morgan fingerprint density at radius 3 is 3.05 bits per heavy atom. The zero-order valence-corrected chi connectivity index (χ0v) is 12.0. The van der Waals surface area contributed by atoms with Crippen LogP contribution in [0.5, 0.6) is 0 Å². The summed E-state index contributed by atoms with van der Waals surface area (Å²) in [5.74, 6) is 0.0846. The number of hydrogen-bond donors (Lipinski definition) is 1. The first-order valence-electron chi connectivity index (χ1n) is 7.00. The number of nitrogens with zero attached hydrogens (tertiary/aromatic N) is 4. The fourth-order valence-corrected chi connectivity index (χ4v) is 2.80. The first-order valence-corrected chi connectivity index (χ1v) is 7.00. The molecule has 1 aliphatic heterocycles. The molecule has 0 bridgehead atoms. The van der Waals surface area contributed by atoms with Gasteiger partial charge in [0.15, 0.2) is 0 Å². The number of aromatic nitrogens is 3. The van der Waals surface area contributed by atoms with Crippen LogP contribution < -0.4 is 0 Å². The van der Waals surface area contributed by atoms with Crippen LogP contribution in [0.2, 0.25) is 0 Å². The number of pyridine rings is 1. The Bertz CT molecular complexity index is 651. The molecule has 1 amide bonds. The lowest BCUT2D eigenvalue weighted by Gasteiger charge is -2.27. The maximum atomic E-state index is 12.4. The number of rotatable bonds is 3. The summed E-state index contributed by atoms with van der Waals surface area (Å²) in [4.78, 5) is 18.3. The number of aliphatic hydroxyl groups excluding tert-OH is 1.